The van der Waals surface area contributed by atoms with Gasteiger partial charge in [-0.1, -0.05) is 19.1 Å². The molecule has 18 heavy (non-hydrogen) atoms. The molecule has 0 aromatic heterocycles. The number of anilines is 1. The van der Waals surface area contributed by atoms with E-state index in [4.69, 9.17) is 0 Å². The van der Waals surface area contributed by atoms with Crippen LogP contribution in [0.4, 0.5) is 5.69 Å². The molecule has 1 aliphatic rings. The topological polar surface area (TPSA) is 58.2 Å². The fraction of sp³-hybridized carbons (Fsp3) is 0.538. The maximum atomic E-state index is 12.1. The largest absolute Gasteiger partial charge is 0.381 e. The van der Waals surface area contributed by atoms with E-state index in [0.29, 0.717) is 29.1 Å². The van der Waals surface area contributed by atoms with Gasteiger partial charge in [0.15, 0.2) is 0 Å². The maximum Gasteiger partial charge on any atom is 0.242 e. The Labute approximate surface area is 109 Å². The zero-order valence-electron chi connectivity index (χ0n) is 10.8. The van der Waals surface area contributed by atoms with E-state index in [1.165, 1.54) is 12.8 Å². The summed E-state index contributed by atoms with van der Waals surface area (Å²) in [6, 6.07) is 7.38. The van der Waals surface area contributed by atoms with Gasteiger partial charge in [0.05, 0.1) is 5.69 Å². The van der Waals surface area contributed by atoms with Gasteiger partial charge in [0.2, 0.25) is 10.0 Å². The summed E-state index contributed by atoms with van der Waals surface area (Å²) in [7, 11) is -3.40. The van der Waals surface area contributed by atoms with Gasteiger partial charge in [-0.3, -0.25) is 0 Å². The summed E-state index contributed by atoms with van der Waals surface area (Å²) in [5.41, 5.74) is 0.692. The molecular formula is C13H20N2O2S. The fourth-order valence-electron chi connectivity index (χ4n) is 2.05. The summed E-state index contributed by atoms with van der Waals surface area (Å²) in [5, 5.41) is 3.32. The zero-order valence-corrected chi connectivity index (χ0v) is 11.6. The lowest BCUT2D eigenvalue weighted by molar-refractivity contribution is 0.583. The standard InChI is InChI=1S/C13H20N2O2S/c1-3-14-18(16,17)13-7-5-4-6-12(13)15-10(2)11-8-9-11/h4-7,10-11,14-15H,3,8-9H2,1-2H3. The molecule has 1 aromatic rings. The van der Waals surface area contributed by atoms with E-state index in [-0.39, 0.29) is 0 Å². The number of rotatable bonds is 6. The van der Waals surface area contributed by atoms with Crippen LogP contribution in [0.15, 0.2) is 29.2 Å². The molecule has 0 heterocycles. The highest BCUT2D eigenvalue weighted by atomic mass is 32.2. The summed E-state index contributed by atoms with van der Waals surface area (Å²) in [4.78, 5) is 0.333. The molecule has 1 aliphatic carbocycles. The van der Waals surface area contributed by atoms with Crippen molar-refractivity contribution in [2.45, 2.75) is 37.6 Å². The van der Waals surface area contributed by atoms with Crippen LogP contribution < -0.4 is 10.0 Å². The SMILES string of the molecule is CCNS(=O)(=O)c1ccccc1NC(C)C1CC1. The van der Waals surface area contributed by atoms with Crippen LogP contribution in [0.2, 0.25) is 0 Å². The predicted molar refractivity (Wildman–Crippen MR) is 73.1 cm³/mol. The van der Waals surface area contributed by atoms with Crippen LogP contribution in [-0.2, 0) is 10.0 Å². The Morgan fingerprint density at radius 3 is 2.61 bits per heavy atom. The Morgan fingerprint density at radius 2 is 2.00 bits per heavy atom. The van der Waals surface area contributed by atoms with Crippen molar-refractivity contribution in [2.24, 2.45) is 5.92 Å². The minimum Gasteiger partial charge on any atom is -0.381 e. The van der Waals surface area contributed by atoms with E-state index < -0.39 is 10.0 Å². The third kappa shape index (κ3) is 3.03. The Bertz CT molecular complexity index is 509. The molecule has 1 saturated carbocycles. The van der Waals surface area contributed by atoms with Crippen LogP contribution >= 0.6 is 0 Å². The molecule has 1 atom stereocenters. The van der Waals surface area contributed by atoms with Crippen LogP contribution in [0.3, 0.4) is 0 Å². The second-order valence-corrected chi connectivity index (χ2v) is 6.50. The molecule has 5 heteroatoms. The Hall–Kier alpha value is -1.07. The lowest BCUT2D eigenvalue weighted by atomic mass is 10.2. The van der Waals surface area contributed by atoms with Crippen molar-refractivity contribution in [3.8, 4) is 0 Å². The monoisotopic (exact) mass is 268 g/mol. The minimum absolute atomic E-state index is 0.322. The third-order valence-electron chi connectivity index (χ3n) is 3.22. The average Bonchev–Trinajstić information content (AvgIpc) is 3.13. The van der Waals surface area contributed by atoms with E-state index in [9.17, 15) is 8.42 Å². The quantitative estimate of drug-likeness (QED) is 0.831. The molecular weight excluding hydrogens is 248 g/mol. The van der Waals surface area contributed by atoms with Crippen molar-refractivity contribution in [1.29, 1.82) is 0 Å². The fourth-order valence-corrected chi connectivity index (χ4v) is 3.26. The first-order chi connectivity index (χ1) is 8.54. The Kier molecular flexibility index (Phi) is 3.92. The van der Waals surface area contributed by atoms with Gasteiger partial charge >= 0.3 is 0 Å². The molecule has 1 fully saturated rings. The number of hydrogen-bond acceptors (Lipinski definition) is 3. The van der Waals surface area contributed by atoms with Crippen LogP contribution in [0.1, 0.15) is 26.7 Å². The first kappa shape index (κ1) is 13.4. The van der Waals surface area contributed by atoms with Crippen molar-refractivity contribution < 1.29 is 8.42 Å². The molecule has 0 amide bonds. The highest BCUT2D eigenvalue weighted by molar-refractivity contribution is 7.89. The number of para-hydroxylation sites is 1. The minimum atomic E-state index is -3.40. The van der Waals surface area contributed by atoms with E-state index in [0.717, 1.165) is 0 Å². The van der Waals surface area contributed by atoms with Crippen LogP contribution in [0, 0.1) is 5.92 Å². The molecule has 0 radical (unpaired) electrons. The normalized spacial score (nSPS) is 17.4. The lowest BCUT2D eigenvalue weighted by Crippen LogP contribution is -2.26. The molecule has 0 bridgehead atoms. The molecule has 0 spiro atoms. The van der Waals surface area contributed by atoms with Gasteiger partial charge in [-0.05, 0) is 37.8 Å². The number of nitrogens with one attached hydrogen (secondary N) is 2. The lowest BCUT2D eigenvalue weighted by Gasteiger charge is -2.17. The van der Waals surface area contributed by atoms with Crippen LogP contribution in [0.5, 0.6) is 0 Å². The number of hydrogen-bond donors (Lipinski definition) is 2. The highest BCUT2D eigenvalue weighted by Crippen LogP contribution is 2.34. The van der Waals surface area contributed by atoms with Crippen LogP contribution in [0.25, 0.3) is 0 Å². The van der Waals surface area contributed by atoms with Crippen molar-refractivity contribution in [1.82, 2.24) is 4.72 Å². The summed E-state index contributed by atoms with van der Waals surface area (Å²) in [6.45, 7) is 4.28. The molecule has 1 aromatic carbocycles. The van der Waals surface area contributed by atoms with E-state index in [1.54, 1.807) is 19.1 Å². The zero-order chi connectivity index (χ0) is 13.2. The molecule has 1 unspecified atom stereocenters. The van der Waals surface area contributed by atoms with Gasteiger partial charge in [-0.25, -0.2) is 13.1 Å². The summed E-state index contributed by atoms with van der Waals surface area (Å²) in [6.07, 6.45) is 2.46. The van der Waals surface area contributed by atoms with Gasteiger partial charge in [-0.15, -0.1) is 0 Å². The van der Waals surface area contributed by atoms with Crippen molar-refractivity contribution >= 4 is 15.7 Å². The summed E-state index contributed by atoms with van der Waals surface area (Å²) in [5.74, 6) is 0.680. The van der Waals surface area contributed by atoms with E-state index in [2.05, 4.69) is 17.0 Å². The summed E-state index contributed by atoms with van der Waals surface area (Å²) < 4.78 is 26.7. The highest BCUT2D eigenvalue weighted by Gasteiger charge is 2.29. The summed E-state index contributed by atoms with van der Waals surface area (Å²) >= 11 is 0. The van der Waals surface area contributed by atoms with Crippen molar-refractivity contribution in [2.75, 3.05) is 11.9 Å². The first-order valence-electron chi connectivity index (χ1n) is 6.40. The third-order valence-corrected chi connectivity index (χ3v) is 4.83. The molecule has 2 rings (SSSR count). The average molecular weight is 268 g/mol. The first-order valence-corrected chi connectivity index (χ1v) is 7.88. The molecule has 100 valence electrons. The molecule has 0 saturated heterocycles. The predicted octanol–water partition coefficient (Wildman–Crippen LogP) is 2.20. The molecule has 2 N–H and O–H groups in total. The Morgan fingerprint density at radius 1 is 1.33 bits per heavy atom. The number of benzene rings is 1. The van der Waals surface area contributed by atoms with E-state index in [1.807, 2.05) is 12.1 Å². The van der Waals surface area contributed by atoms with Crippen LogP contribution in [-0.4, -0.2) is 21.0 Å². The van der Waals surface area contributed by atoms with Crippen molar-refractivity contribution in [3.63, 3.8) is 0 Å². The Balaban J connectivity index is 2.24. The van der Waals surface area contributed by atoms with Gasteiger partial charge in [0.25, 0.3) is 0 Å². The number of sulfonamides is 1. The maximum absolute atomic E-state index is 12.1. The second-order valence-electron chi connectivity index (χ2n) is 4.77. The van der Waals surface area contributed by atoms with Gasteiger partial charge < -0.3 is 5.32 Å². The van der Waals surface area contributed by atoms with Crippen molar-refractivity contribution in [3.05, 3.63) is 24.3 Å². The molecule has 0 aliphatic heterocycles. The second kappa shape index (κ2) is 5.28. The van der Waals surface area contributed by atoms with E-state index >= 15 is 0 Å². The van der Waals surface area contributed by atoms with Gasteiger partial charge in [-0.2, -0.15) is 0 Å². The van der Waals surface area contributed by atoms with Gasteiger partial charge in [0.1, 0.15) is 4.90 Å². The molecule has 4 nitrogen and oxygen atoms in total. The smallest absolute Gasteiger partial charge is 0.242 e. The van der Waals surface area contributed by atoms with Gasteiger partial charge in [0, 0.05) is 12.6 Å².